The Morgan fingerprint density at radius 2 is 2.24 bits per heavy atom. The first kappa shape index (κ1) is 19.8. The van der Waals surface area contributed by atoms with Gasteiger partial charge in [0.05, 0.1) is 18.3 Å². The molecule has 7 nitrogen and oxygen atoms in total. The first-order valence-corrected chi connectivity index (χ1v) is 9.73. The molecule has 0 saturated carbocycles. The molecule has 8 heteroatoms. The minimum absolute atomic E-state index is 0.0297. The summed E-state index contributed by atoms with van der Waals surface area (Å²) in [6, 6.07) is -0.605. The van der Waals surface area contributed by atoms with E-state index < -0.39 is 6.04 Å². The molecule has 140 valence electrons. The molecule has 1 aliphatic rings. The van der Waals surface area contributed by atoms with Gasteiger partial charge in [-0.1, -0.05) is 20.8 Å². The molecule has 4 N–H and O–H groups in total. The molecule has 25 heavy (non-hydrogen) atoms. The van der Waals surface area contributed by atoms with Gasteiger partial charge in [-0.15, -0.1) is 11.3 Å². The Morgan fingerprint density at radius 1 is 1.48 bits per heavy atom. The molecule has 1 aromatic heterocycles. The normalized spacial score (nSPS) is 19.6. The maximum atomic E-state index is 11.9. The van der Waals surface area contributed by atoms with Crippen LogP contribution in [-0.4, -0.2) is 47.4 Å². The van der Waals surface area contributed by atoms with Crippen LogP contribution in [-0.2, 0) is 16.1 Å². The molecule has 0 spiro atoms. The lowest BCUT2D eigenvalue weighted by Gasteiger charge is -2.30. The zero-order chi connectivity index (χ0) is 18.4. The van der Waals surface area contributed by atoms with E-state index in [1.807, 2.05) is 19.2 Å². The van der Waals surface area contributed by atoms with Crippen LogP contribution in [0.4, 0.5) is 5.13 Å². The number of amides is 2. The number of nitrogens with two attached hydrogens (primary N) is 1. The Hall–Kier alpha value is -1.51. The topological polar surface area (TPSA) is 100 Å². The van der Waals surface area contributed by atoms with Gasteiger partial charge < -0.3 is 16.4 Å². The first-order valence-electron chi connectivity index (χ1n) is 8.85. The van der Waals surface area contributed by atoms with E-state index in [2.05, 4.69) is 27.4 Å². The second-order valence-electron chi connectivity index (χ2n) is 7.16. The fraction of sp³-hybridized carbons (Fsp3) is 0.706. The molecule has 1 aliphatic heterocycles. The Bertz CT molecular complexity index is 589. The predicted octanol–water partition coefficient (Wildman–Crippen LogP) is 1.41. The molecule has 2 rings (SSSR count). The van der Waals surface area contributed by atoms with Gasteiger partial charge in [0.25, 0.3) is 0 Å². The van der Waals surface area contributed by atoms with Crippen molar-refractivity contribution in [3.8, 4) is 0 Å². The van der Waals surface area contributed by atoms with E-state index in [1.54, 1.807) is 0 Å². The molecule has 1 unspecified atom stereocenters. The summed E-state index contributed by atoms with van der Waals surface area (Å²) in [4.78, 5) is 30.6. The first-order chi connectivity index (χ1) is 11.8. The molecule has 0 radical (unpaired) electrons. The van der Waals surface area contributed by atoms with E-state index in [0.29, 0.717) is 5.13 Å². The Labute approximate surface area is 153 Å². The maximum absolute atomic E-state index is 11.9. The molecule has 1 saturated heterocycles. The maximum Gasteiger partial charge on any atom is 0.245 e. The van der Waals surface area contributed by atoms with Crippen LogP contribution in [0.1, 0.15) is 39.3 Å². The SMILES string of the molecule is CC1CCCN(Cc2csc(NC(=O)CNC(=O)[C@@H](N)C(C)C)n2)C1. The Balaban J connectivity index is 1.76. The number of piperidine rings is 1. The van der Waals surface area contributed by atoms with Crippen molar-refractivity contribution >= 4 is 28.3 Å². The van der Waals surface area contributed by atoms with Gasteiger partial charge in [0.1, 0.15) is 0 Å². The van der Waals surface area contributed by atoms with Crippen molar-refractivity contribution < 1.29 is 9.59 Å². The number of aromatic nitrogens is 1. The van der Waals surface area contributed by atoms with Crippen molar-refractivity contribution in [3.63, 3.8) is 0 Å². The summed E-state index contributed by atoms with van der Waals surface area (Å²) in [5.41, 5.74) is 6.71. The molecular formula is C17H29N5O2S. The average Bonchev–Trinajstić information content (AvgIpc) is 2.98. The van der Waals surface area contributed by atoms with Crippen molar-refractivity contribution in [2.45, 2.75) is 46.2 Å². The summed E-state index contributed by atoms with van der Waals surface area (Å²) in [5, 5.41) is 7.82. The number of carbonyl (C=O) groups is 2. The zero-order valence-corrected chi connectivity index (χ0v) is 16.1. The number of nitrogens with zero attached hydrogens (tertiary/aromatic N) is 2. The van der Waals surface area contributed by atoms with Crippen LogP contribution in [0.25, 0.3) is 0 Å². The molecular weight excluding hydrogens is 338 g/mol. The van der Waals surface area contributed by atoms with Crippen LogP contribution < -0.4 is 16.4 Å². The molecule has 2 heterocycles. The van der Waals surface area contributed by atoms with Crippen LogP contribution in [0.3, 0.4) is 0 Å². The van der Waals surface area contributed by atoms with Gasteiger partial charge in [-0.25, -0.2) is 4.98 Å². The highest BCUT2D eigenvalue weighted by Crippen LogP contribution is 2.20. The van der Waals surface area contributed by atoms with Crippen molar-refractivity contribution in [1.82, 2.24) is 15.2 Å². The summed E-state index contributed by atoms with van der Waals surface area (Å²) in [6.07, 6.45) is 2.52. The number of nitrogens with one attached hydrogen (secondary N) is 2. The third-order valence-corrected chi connectivity index (χ3v) is 5.18. The van der Waals surface area contributed by atoms with E-state index in [9.17, 15) is 9.59 Å². The van der Waals surface area contributed by atoms with Gasteiger partial charge in [0.2, 0.25) is 11.8 Å². The molecule has 1 aromatic rings. The molecule has 0 bridgehead atoms. The lowest BCUT2D eigenvalue weighted by molar-refractivity contribution is -0.125. The van der Waals surface area contributed by atoms with E-state index in [4.69, 9.17) is 5.73 Å². The summed E-state index contributed by atoms with van der Waals surface area (Å²) >= 11 is 1.41. The van der Waals surface area contributed by atoms with Crippen LogP contribution >= 0.6 is 11.3 Å². The van der Waals surface area contributed by atoms with E-state index in [-0.39, 0.29) is 24.3 Å². The number of carbonyl (C=O) groups excluding carboxylic acids is 2. The highest BCUT2D eigenvalue weighted by Gasteiger charge is 2.19. The minimum atomic E-state index is -0.605. The van der Waals surface area contributed by atoms with Gasteiger partial charge in [-0.05, 0) is 31.2 Å². The fourth-order valence-corrected chi connectivity index (χ4v) is 3.57. The standard InChI is InChI=1S/C17H29N5O2S/c1-11(2)15(18)16(24)19-7-14(23)21-17-20-13(10-25-17)9-22-6-4-5-12(3)8-22/h10-12,15H,4-9,18H2,1-3H3,(H,19,24)(H,20,21,23)/t12?,15-/m0/s1. The largest absolute Gasteiger partial charge is 0.346 e. The second-order valence-corrected chi connectivity index (χ2v) is 8.02. The van der Waals surface area contributed by atoms with Crippen LogP contribution in [0.2, 0.25) is 0 Å². The zero-order valence-electron chi connectivity index (χ0n) is 15.2. The highest BCUT2D eigenvalue weighted by molar-refractivity contribution is 7.13. The lowest BCUT2D eigenvalue weighted by Crippen LogP contribution is -2.46. The molecule has 2 atom stereocenters. The van der Waals surface area contributed by atoms with E-state index in [1.165, 1.54) is 24.2 Å². The van der Waals surface area contributed by atoms with Gasteiger partial charge in [-0.3, -0.25) is 14.5 Å². The lowest BCUT2D eigenvalue weighted by atomic mass is 10.0. The summed E-state index contributed by atoms with van der Waals surface area (Å²) < 4.78 is 0. The Morgan fingerprint density at radius 3 is 2.92 bits per heavy atom. The third-order valence-electron chi connectivity index (χ3n) is 4.37. The predicted molar refractivity (Wildman–Crippen MR) is 100 cm³/mol. The van der Waals surface area contributed by atoms with Crippen LogP contribution in [0, 0.1) is 11.8 Å². The monoisotopic (exact) mass is 367 g/mol. The summed E-state index contributed by atoms with van der Waals surface area (Å²) in [7, 11) is 0. The van der Waals surface area contributed by atoms with Crippen molar-refractivity contribution in [2.75, 3.05) is 25.0 Å². The van der Waals surface area contributed by atoms with Gasteiger partial charge in [0.15, 0.2) is 5.13 Å². The van der Waals surface area contributed by atoms with Crippen molar-refractivity contribution in [2.24, 2.45) is 17.6 Å². The average molecular weight is 368 g/mol. The van der Waals surface area contributed by atoms with E-state index in [0.717, 1.165) is 31.2 Å². The Kier molecular flexibility index (Phi) is 7.34. The van der Waals surface area contributed by atoms with Crippen LogP contribution in [0.5, 0.6) is 0 Å². The summed E-state index contributed by atoms with van der Waals surface area (Å²) in [6.45, 7) is 8.93. The molecule has 0 aliphatic carbocycles. The number of rotatable bonds is 7. The minimum Gasteiger partial charge on any atom is -0.346 e. The summed E-state index contributed by atoms with van der Waals surface area (Å²) in [5.74, 6) is 0.149. The second kappa shape index (κ2) is 9.26. The fourth-order valence-electron chi connectivity index (χ4n) is 2.85. The van der Waals surface area contributed by atoms with Gasteiger partial charge in [-0.2, -0.15) is 0 Å². The number of likely N-dealkylation sites (tertiary alicyclic amines) is 1. The molecule has 0 aromatic carbocycles. The number of hydrogen-bond acceptors (Lipinski definition) is 6. The van der Waals surface area contributed by atoms with E-state index >= 15 is 0 Å². The van der Waals surface area contributed by atoms with Gasteiger partial charge >= 0.3 is 0 Å². The van der Waals surface area contributed by atoms with Crippen molar-refractivity contribution in [1.29, 1.82) is 0 Å². The molecule has 2 amide bonds. The van der Waals surface area contributed by atoms with Crippen molar-refractivity contribution in [3.05, 3.63) is 11.1 Å². The smallest absolute Gasteiger partial charge is 0.245 e. The number of hydrogen-bond donors (Lipinski definition) is 3. The quantitative estimate of drug-likeness (QED) is 0.677. The number of anilines is 1. The number of thiazole rings is 1. The highest BCUT2D eigenvalue weighted by atomic mass is 32.1. The van der Waals surface area contributed by atoms with Crippen LogP contribution in [0.15, 0.2) is 5.38 Å². The van der Waals surface area contributed by atoms with Gasteiger partial charge in [0, 0.05) is 18.5 Å². The third kappa shape index (κ3) is 6.37. The molecule has 1 fully saturated rings.